The van der Waals surface area contributed by atoms with Crippen LogP contribution in [0.3, 0.4) is 0 Å². The lowest BCUT2D eigenvalue weighted by Gasteiger charge is -2.15. The normalized spacial score (nSPS) is 25.5. The van der Waals surface area contributed by atoms with E-state index in [-0.39, 0.29) is 18.6 Å². The Kier molecular flexibility index (Phi) is 4.59. The molecule has 0 radical (unpaired) electrons. The van der Waals surface area contributed by atoms with Gasteiger partial charge in [-0.25, -0.2) is 0 Å². The number of aliphatic carboxylic acids is 2. The molecule has 1 aliphatic rings. The summed E-state index contributed by atoms with van der Waals surface area (Å²) in [6.07, 6.45) is 0.722. The van der Waals surface area contributed by atoms with Crippen LogP contribution in [0.1, 0.15) is 25.7 Å². The topological polar surface area (TPSA) is 130 Å². The van der Waals surface area contributed by atoms with Gasteiger partial charge in [-0.3, -0.25) is 19.7 Å². The first kappa shape index (κ1) is 13.6. The summed E-state index contributed by atoms with van der Waals surface area (Å²) in [5.74, 6) is -2.30. The van der Waals surface area contributed by atoms with E-state index in [1.54, 1.807) is 0 Å². The van der Waals surface area contributed by atoms with Crippen molar-refractivity contribution in [3.63, 3.8) is 0 Å². The number of carboxylic acid groups (broad SMARTS) is 2. The molecule has 5 N–H and O–H groups in total. The van der Waals surface area contributed by atoms with E-state index >= 15 is 0 Å². The number of carboxylic acids is 2. The average Bonchev–Trinajstić information content (AvgIpc) is 2.73. The molecule has 0 bridgehead atoms. The van der Waals surface area contributed by atoms with E-state index in [9.17, 15) is 14.4 Å². The zero-order valence-electron chi connectivity index (χ0n) is 9.26. The molecule has 0 aromatic rings. The van der Waals surface area contributed by atoms with Gasteiger partial charge in [0.1, 0.15) is 6.04 Å². The number of carbonyl (C=O) groups is 3. The monoisotopic (exact) mass is 244 g/mol. The maximum Gasteiger partial charge on any atom is 0.320 e. The average molecular weight is 244 g/mol. The van der Waals surface area contributed by atoms with Crippen molar-refractivity contribution in [2.24, 2.45) is 5.73 Å². The minimum absolute atomic E-state index is 0.0735. The number of ketones is 1. The van der Waals surface area contributed by atoms with Gasteiger partial charge in [0.15, 0.2) is 5.78 Å². The lowest BCUT2D eigenvalue weighted by Crippen LogP contribution is -2.46. The summed E-state index contributed by atoms with van der Waals surface area (Å²) >= 11 is 0. The molecular formula is C10H16N2O5. The van der Waals surface area contributed by atoms with Crippen molar-refractivity contribution in [3.8, 4) is 0 Å². The highest BCUT2D eigenvalue weighted by Crippen LogP contribution is 2.15. The molecule has 1 unspecified atom stereocenters. The summed E-state index contributed by atoms with van der Waals surface area (Å²) in [5.41, 5.74) is 5.57. The summed E-state index contributed by atoms with van der Waals surface area (Å²) in [6.45, 7) is 0. The molecule has 0 spiro atoms. The first-order chi connectivity index (χ1) is 7.91. The van der Waals surface area contributed by atoms with Crippen LogP contribution in [0.2, 0.25) is 0 Å². The third kappa shape index (κ3) is 3.79. The fourth-order valence-corrected chi connectivity index (χ4v) is 1.84. The molecule has 1 rings (SSSR count). The molecule has 0 aromatic heterocycles. The van der Waals surface area contributed by atoms with E-state index in [0.29, 0.717) is 12.8 Å². The molecule has 0 amide bonds. The van der Waals surface area contributed by atoms with Crippen LogP contribution in [0.15, 0.2) is 0 Å². The SMILES string of the molecule is N[C@@H](CCC(=O)O)C(=O)C1CC[C@@H](C(=O)O)N1. The Morgan fingerprint density at radius 3 is 2.29 bits per heavy atom. The molecule has 1 aliphatic heterocycles. The predicted octanol–water partition coefficient (Wildman–Crippen LogP) is -1.05. The zero-order valence-corrected chi connectivity index (χ0v) is 9.26. The first-order valence-electron chi connectivity index (χ1n) is 5.41. The Morgan fingerprint density at radius 2 is 1.82 bits per heavy atom. The molecule has 0 aliphatic carbocycles. The van der Waals surface area contributed by atoms with Crippen LogP contribution >= 0.6 is 0 Å². The van der Waals surface area contributed by atoms with Gasteiger partial charge in [-0.1, -0.05) is 0 Å². The molecule has 1 fully saturated rings. The van der Waals surface area contributed by atoms with E-state index in [2.05, 4.69) is 5.32 Å². The summed E-state index contributed by atoms with van der Waals surface area (Å²) in [4.78, 5) is 32.8. The number of rotatable bonds is 6. The smallest absolute Gasteiger partial charge is 0.320 e. The Bertz CT molecular complexity index is 331. The summed E-state index contributed by atoms with van der Waals surface area (Å²) < 4.78 is 0. The van der Waals surface area contributed by atoms with Gasteiger partial charge in [-0.05, 0) is 19.3 Å². The molecule has 7 nitrogen and oxygen atoms in total. The number of hydrogen-bond donors (Lipinski definition) is 4. The van der Waals surface area contributed by atoms with E-state index in [0.717, 1.165) is 0 Å². The third-order valence-electron chi connectivity index (χ3n) is 2.82. The quantitative estimate of drug-likeness (QED) is 0.469. The van der Waals surface area contributed by atoms with E-state index in [1.807, 2.05) is 0 Å². The minimum Gasteiger partial charge on any atom is -0.481 e. The van der Waals surface area contributed by atoms with Gasteiger partial charge in [0.2, 0.25) is 0 Å². The van der Waals surface area contributed by atoms with Crippen molar-refractivity contribution in [1.82, 2.24) is 5.32 Å². The second kappa shape index (κ2) is 5.74. The highest BCUT2D eigenvalue weighted by molar-refractivity contribution is 5.90. The van der Waals surface area contributed by atoms with Crippen LogP contribution in [0.4, 0.5) is 0 Å². The number of carbonyl (C=O) groups excluding carboxylic acids is 1. The molecule has 1 saturated heterocycles. The van der Waals surface area contributed by atoms with Crippen molar-refractivity contribution in [2.45, 2.75) is 43.8 Å². The summed E-state index contributed by atoms with van der Waals surface area (Å²) in [7, 11) is 0. The van der Waals surface area contributed by atoms with Crippen molar-refractivity contribution in [3.05, 3.63) is 0 Å². The van der Waals surface area contributed by atoms with Crippen LogP contribution in [0, 0.1) is 0 Å². The van der Waals surface area contributed by atoms with E-state index < -0.39 is 30.1 Å². The molecule has 17 heavy (non-hydrogen) atoms. The molecular weight excluding hydrogens is 228 g/mol. The largest absolute Gasteiger partial charge is 0.481 e. The molecule has 0 aromatic carbocycles. The molecule has 0 saturated carbocycles. The number of nitrogens with two attached hydrogens (primary N) is 1. The first-order valence-corrected chi connectivity index (χ1v) is 5.41. The Labute approximate surface area is 98.0 Å². The maximum absolute atomic E-state index is 11.8. The van der Waals surface area contributed by atoms with Gasteiger partial charge in [-0.2, -0.15) is 0 Å². The van der Waals surface area contributed by atoms with Gasteiger partial charge in [0.05, 0.1) is 12.1 Å². The highest BCUT2D eigenvalue weighted by Gasteiger charge is 2.34. The van der Waals surface area contributed by atoms with Crippen LogP contribution < -0.4 is 11.1 Å². The molecule has 96 valence electrons. The third-order valence-corrected chi connectivity index (χ3v) is 2.82. The van der Waals surface area contributed by atoms with Gasteiger partial charge in [-0.15, -0.1) is 0 Å². The highest BCUT2D eigenvalue weighted by atomic mass is 16.4. The number of nitrogens with one attached hydrogen (secondary N) is 1. The minimum atomic E-state index is -1.00. The van der Waals surface area contributed by atoms with Gasteiger partial charge in [0, 0.05) is 6.42 Å². The Morgan fingerprint density at radius 1 is 1.24 bits per heavy atom. The van der Waals surface area contributed by atoms with Crippen LogP contribution in [-0.2, 0) is 14.4 Å². The van der Waals surface area contributed by atoms with Crippen LogP contribution in [0.25, 0.3) is 0 Å². The standard InChI is InChI=1S/C10H16N2O5/c11-5(1-4-8(13)14)9(15)6-2-3-7(12-6)10(16)17/h5-7,12H,1-4,11H2,(H,13,14)(H,16,17)/t5-,6?,7-/m0/s1. The lowest BCUT2D eigenvalue weighted by atomic mass is 10.0. The van der Waals surface area contributed by atoms with Gasteiger partial charge < -0.3 is 15.9 Å². The predicted molar refractivity (Wildman–Crippen MR) is 57.4 cm³/mol. The van der Waals surface area contributed by atoms with Crippen molar-refractivity contribution in [2.75, 3.05) is 0 Å². The Balaban J connectivity index is 2.43. The van der Waals surface area contributed by atoms with Gasteiger partial charge >= 0.3 is 11.9 Å². The maximum atomic E-state index is 11.8. The van der Waals surface area contributed by atoms with E-state index in [1.165, 1.54) is 0 Å². The lowest BCUT2D eigenvalue weighted by molar-refractivity contribution is -0.139. The number of Topliss-reactive ketones (excluding diaryl/α,β-unsaturated/α-hetero) is 1. The Hall–Kier alpha value is -1.47. The summed E-state index contributed by atoms with van der Waals surface area (Å²) in [5, 5.41) is 19.9. The molecule has 7 heteroatoms. The van der Waals surface area contributed by atoms with Crippen LogP contribution in [-0.4, -0.2) is 46.1 Å². The second-order valence-corrected chi connectivity index (χ2v) is 4.13. The zero-order chi connectivity index (χ0) is 13.0. The van der Waals surface area contributed by atoms with Crippen molar-refractivity contribution in [1.29, 1.82) is 0 Å². The summed E-state index contributed by atoms with van der Waals surface area (Å²) in [6, 6.07) is -2.13. The molecule has 1 heterocycles. The second-order valence-electron chi connectivity index (χ2n) is 4.13. The number of hydrogen-bond acceptors (Lipinski definition) is 5. The van der Waals surface area contributed by atoms with Crippen molar-refractivity contribution < 1.29 is 24.6 Å². The van der Waals surface area contributed by atoms with Gasteiger partial charge in [0.25, 0.3) is 0 Å². The fraction of sp³-hybridized carbons (Fsp3) is 0.700. The molecule has 3 atom stereocenters. The van der Waals surface area contributed by atoms with Crippen LogP contribution in [0.5, 0.6) is 0 Å². The van der Waals surface area contributed by atoms with E-state index in [4.69, 9.17) is 15.9 Å². The fourth-order valence-electron chi connectivity index (χ4n) is 1.84. The van der Waals surface area contributed by atoms with Crippen molar-refractivity contribution >= 4 is 17.7 Å².